The lowest BCUT2D eigenvalue weighted by Gasteiger charge is -2.32. The third kappa shape index (κ3) is 4.30. The van der Waals surface area contributed by atoms with Gasteiger partial charge < -0.3 is 19.0 Å². The van der Waals surface area contributed by atoms with Gasteiger partial charge in [-0.15, -0.1) is 0 Å². The Morgan fingerprint density at radius 1 is 1.30 bits per heavy atom. The standard InChI is InChI=1S/C20H23FN2O4/c1-22(13-14-5-6-17(26-2)16(21)12-14)19(24)15-7-9-23(10-8-15)20(25)18-4-3-11-27-18/h3-6,11-12,15H,7-10,13H2,1-2H3. The molecule has 0 unspecified atom stereocenters. The smallest absolute Gasteiger partial charge is 0.289 e. The van der Waals surface area contributed by atoms with Crippen LogP contribution in [0.25, 0.3) is 0 Å². The summed E-state index contributed by atoms with van der Waals surface area (Å²) in [5, 5.41) is 0. The van der Waals surface area contributed by atoms with Crippen LogP contribution in [0.3, 0.4) is 0 Å². The molecule has 7 heteroatoms. The highest BCUT2D eigenvalue weighted by Crippen LogP contribution is 2.23. The van der Waals surface area contributed by atoms with E-state index in [1.807, 2.05) is 0 Å². The Hall–Kier alpha value is -2.83. The van der Waals surface area contributed by atoms with Gasteiger partial charge in [0, 0.05) is 32.6 Å². The lowest BCUT2D eigenvalue weighted by molar-refractivity contribution is -0.136. The van der Waals surface area contributed by atoms with Crippen molar-refractivity contribution in [2.75, 3.05) is 27.2 Å². The number of nitrogens with zero attached hydrogens (tertiary/aromatic N) is 2. The van der Waals surface area contributed by atoms with Gasteiger partial charge in [0.25, 0.3) is 5.91 Å². The summed E-state index contributed by atoms with van der Waals surface area (Å²) in [6, 6.07) is 8.01. The molecule has 1 saturated heterocycles. The van der Waals surface area contributed by atoms with Crippen LogP contribution in [-0.4, -0.2) is 48.9 Å². The second-order valence-corrected chi connectivity index (χ2v) is 6.71. The molecule has 0 spiro atoms. The number of rotatable bonds is 5. The summed E-state index contributed by atoms with van der Waals surface area (Å²) in [7, 11) is 3.13. The minimum atomic E-state index is -0.444. The maximum absolute atomic E-state index is 13.8. The van der Waals surface area contributed by atoms with Crippen molar-refractivity contribution in [3.63, 3.8) is 0 Å². The van der Waals surface area contributed by atoms with Gasteiger partial charge in [-0.1, -0.05) is 6.07 Å². The molecule has 0 saturated carbocycles. The molecule has 2 heterocycles. The highest BCUT2D eigenvalue weighted by molar-refractivity contribution is 5.91. The van der Waals surface area contributed by atoms with Crippen LogP contribution in [0.2, 0.25) is 0 Å². The van der Waals surface area contributed by atoms with E-state index in [0.29, 0.717) is 43.8 Å². The molecule has 0 radical (unpaired) electrons. The summed E-state index contributed by atoms with van der Waals surface area (Å²) in [6.07, 6.45) is 2.68. The normalized spacial score (nSPS) is 14.9. The number of carbonyl (C=O) groups is 2. The number of benzene rings is 1. The van der Waals surface area contributed by atoms with Crippen molar-refractivity contribution in [1.82, 2.24) is 9.80 Å². The van der Waals surface area contributed by atoms with E-state index in [1.165, 1.54) is 19.4 Å². The van der Waals surface area contributed by atoms with E-state index >= 15 is 0 Å². The third-order valence-corrected chi connectivity index (χ3v) is 4.88. The number of furan rings is 1. The van der Waals surface area contributed by atoms with Gasteiger partial charge in [0.15, 0.2) is 17.3 Å². The predicted molar refractivity (Wildman–Crippen MR) is 96.8 cm³/mol. The Balaban J connectivity index is 1.54. The first-order valence-electron chi connectivity index (χ1n) is 8.89. The molecule has 2 amide bonds. The van der Waals surface area contributed by atoms with Crippen LogP contribution in [0.4, 0.5) is 4.39 Å². The van der Waals surface area contributed by atoms with Crippen molar-refractivity contribution in [3.05, 3.63) is 53.7 Å². The summed E-state index contributed by atoms with van der Waals surface area (Å²) >= 11 is 0. The van der Waals surface area contributed by atoms with Crippen LogP contribution in [-0.2, 0) is 11.3 Å². The van der Waals surface area contributed by atoms with Crippen LogP contribution >= 0.6 is 0 Å². The summed E-state index contributed by atoms with van der Waals surface area (Å²) in [5.41, 5.74) is 0.703. The Kier molecular flexibility index (Phi) is 5.78. The van der Waals surface area contributed by atoms with Crippen LogP contribution in [0, 0.1) is 11.7 Å². The molecule has 0 aliphatic carbocycles. The Bertz CT molecular complexity index is 798. The molecule has 1 aromatic carbocycles. The number of piperidine rings is 1. The largest absolute Gasteiger partial charge is 0.494 e. The molecule has 6 nitrogen and oxygen atoms in total. The Morgan fingerprint density at radius 3 is 2.63 bits per heavy atom. The first kappa shape index (κ1) is 18.9. The van der Waals surface area contributed by atoms with Gasteiger partial charge in [-0.05, 0) is 42.7 Å². The maximum atomic E-state index is 13.8. The Labute approximate surface area is 157 Å². The number of ether oxygens (including phenoxy) is 1. The average Bonchev–Trinajstić information content (AvgIpc) is 3.22. The lowest BCUT2D eigenvalue weighted by atomic mass is 9.95. The van der Waals surface area contributed by atoms with E-state index < -0.39 is 5.82 Å². The van der Waals surface area contributed by atoms with Crippen molar-refractivity contribution in [1.29, 1.82) is 0 Å². The number of hydrogen-bond donors (Lipinski definition) is 0. The molecule has 1 aliphatic rings. The molecule has 1 fully saturated rings. The predicted octanol–water partition coefficient (Wildman–Crippen LogP) is 2.94. The lowest BCUT2D eigenvalue weighted by Crippen LogP contribution is -2.43. The van der Waals surface area contributed by atoms with E-state index in [4.69, 9.17) is 9.15 Å². The third-order valence-electron chi connectivity index (χ3n) is 4.88. The monoisotopic (exact) mass is 374 g/mol. The highest BCUT2D eigenvalue weighted by atomic mass is 19.1. The minimum Gasteiger partial charge on any atom is -0.494 e. The summed E-state index contributed by atoms with van der Waals surface area (Å²) in [4.78, 5) is 28.3. The molecule has 0 bridgehead atoms. The fourth-order valence-electron chi connectivity index (χ4n) is 3.36. The van der Waals surface area contributed by atoms with Gasteiger partial charge in [0.05, 0.1) is 13.4 Å². The number of carbonyl (C=O) groups excluding carboxylic acids is 2. The summed E-state index contributed by atoms with van der Waals surface area (Å²) in [6.45, 7) is 1.35. The quantitative estimate of drug-likeness (QED) is 0.807. The van der Waals surface area contributed by atoms with Crippen molar-refractivity contribution >= 4 is 11.8 Å². The summed E-state index contributed by atoms with van der Waals surface area (Å²) in [5.74, 6) is -0.219. The fourth-order valence-corrected chi connectivity index (χ4v) is 3.36. The van der Waals surface area contributed by atoms with Gasteiger partial charge >= 0.3 is 0 Å². The summed E-state index contributed by atoms with van der Waals surface area (Å²) < 4.78 is 23.9. The van der Waals surface area contributed by atoms with Crippen molar-refractivity contribution in [2.24, 2.45) is 5.92 Å². The fraction of sp³-hybridized carbons (Fsp3) is 0.400. The number of methoxy groups -OCH3 is 1. The Morgan fingerprint density at radius 2 is 2.04 bits per heavy atom. The molecule has 0 N–H and O–H groups in total. The van der Waals surface area contributed by atoms with Crippen LogP contribution in [0.5, 0.6) is 5.75 Å². The first-order valence-corrected chi connectivity index (χ1v) is 8.89. The SMILES string of the molecule is COc1ccc(CN(C)C(=O)C2CCN(C(=O)c3ccco3)CC2)cc1F. The van der Waals surface area contributed by atoms with E-state index in [-0.39, 0.29) is 23.5 Å². The van der Waals surface area contributed by atoms with E-state index in [2.05, 4.69) is 0 Å². The second kappa shape index (κ2) is 8.24. The molecule has 3 rings (SSSR count). The molecule has 1 aliphatic heterocycles. The van der Waals surface area contributed by atoms with Crippen LogP contribution in [0.15, 0.2) is 41.0 Å². The molecule has 27 heavy (non-hydrogen) atoms. The topological polar surface area (TPSA) is 63.0 Å². The van der Waals surface area contributed by atoms with E-state index in [1.54, 1.807) is 41.1 Å². The van der Waals surface area contributed by atoms with E-state index in [9.17, 15) is 14.0 Å². The van der Waals surface area contributed by atoms with Gasteiger partial charge in [-0.2, -0.15) is 0 Å². The number of halogens is 1. The molecule has 2 aromatic rings. The molecule has 1 aromatic heterocycles. The zero-order chi connectivity index (χ0) is 19.4. The van der Waals surface area contributed by atoms with Crippen LogP contribution < -0.4 is 4.74 Å². The maximum Gasteiger partial charge on any atom is 0.289 e. The van der Waals surface area contributed by atoms with E-state index in [0.717, 1.165) is 0 Å². The van der Waals surface area contributed by atoms with Gasteiger partial charge in [-0.3, -0.25) is 9.59 Å². The zero-order valence-electron chi connectivity index (χ0n) is 15.5. The van der Waals surface area contributed by atoms with Gasteiger partial charge in [-0.25, -0.2) is 4.39 Å². The minimum absolute atomic E-state index is 0.0105. The number of amides is 2. The second-order valence-electron chi connectivity index (χ2n) is 6.71. The van der Waals surface area contributed by atoms with Crippen molar-refractivity contribution < 1.29 is 23.1 Å². The van der Waals surface area contributed by atoms with Gasteiger partial charge in [0.1, 0.15) is 0 Å². The van der Waals surface area contributed by atoms with Crippen molar-refractivity contribution in [3.8, 4) is 5.75 Å². The van der Waals surface area contributed by atoms with Gasteiger partial charge in [0.2, 0.25) is 5.91 Å². The van der Waals surface area contributed by atoms with Crippen LogP contribution in [0.1, 0.15) is 29.0 Å². The van der Waals surface area contributed by atoms with Crippen molar-refractivity contribution in [2.45, 2.75) is 19.4 Å². The molecular formula is C20H23FN2O4. The zero-order valence-corrected chi connectivity index (χ0v) is 15.5. The highest BCUT2D eigenvalue weighted by Gasteiger charge is 2.30. The number of hydrogen-bond acceptors (Lipinski definition) is 4. The average molecular weight is 374 g/mol. The molecule has 0 atom stereocenters. The number of likely N-dealkylation sites (tertiary alicyclic amines) is 1. The molecule has 144 valence electrons. The first-order chi connectivity index (χ1) is 13.0. The molecular weight excluding hydrogens is 351 g/mol.